The molecule has 2 aliphatic rings. The molecule has 1 heterocycles. The highest BCUT2D eigenvalue weighted by atomic mass is 16.1. The lowest BCUT2D eigenvalue weighted by Crippen LogP contribution is -2.51. The Morgan fingerprint density at radius 2 is 1.79 bits per heavy atom. The highest BCUT2D eigenvalue weighted by Crippen LogP contribution is 2.54. The van der Waals surface area contributed by atoms with Crippen LogP contribution in [0.25, 0.3) is 0 Å². The molecule has 0 spiro atoms. The van der Waals surface area contributed by atoms with Crippen molar-refractivity contribution < 1.29 is 4.79 Å². The van der Waals surface area contributed by atoms with Gasteiger partial charge in [0.05, 0.1) is 0 Å². The number of hydrogen-bond acceptors (Lipinski definition) is 3. The van der Waals surface area contributed by atoms with Crippen molar-refractivity contribution in [3.63, 3.8) is 0 Å². The molecule has 1 amide bonds. The number of amides is 1. The maximum atomic E-state index is 11.1. The molecule has 4 N–H and O–H groups in total. The van der Waals surface area contributed by atoms with Gasteiger partial charge in [-0.2, -0.15) is 0 Å². The van der Waals surface area contributed by atoms with Crippen molar-refractivity contribution in [2.24, 2.45) is 23.3 Å². The number of fused-ring (bicyclic) bond motifs is 1. The van der Waals surface area contributed by atoms with Gasteiger partial charge in [0.1, 0.15) is 5.54 Å². The van der Waals surface area contributed by atoms with Gasteiger partial charge in [0, 0.05) is 30.5 Å². The van der Waals surface area contributed by atoms with E-state index in [0.717, 1.165) is 13.1 Å². The SMILES string of the molecule is CC(C)(C)N1C[C@@H]2[C@H](C1)[C@@]2(N)C(N)=O. The van der Waals surface area contributed by atoms with E-state index in [1.54, 1.807) is 0 Å². The molecule has 1 saturated heterocycles. The van der Waals surface area contributed by atoms with E-state index in [0.29, 0.717) is 11.8 Å². The van der Waals surface area contributed by atoms with E-state index in [-0.39, 0.29) is 11.4 Å². The largest absolute Gasteiger partial charge is 0.368 e. The zero-order valence-electron chi connectivity index (χ0n) is 9.08. The molecular weight excluding hydrogens is 178 g/mol. The summed E-state index contributed by atoms with van der Waals surface area (Å²) in [4.78, 5) is 13.5. The van der Waals surface area contributed by atoms with Crippen LogP contribution in [0.15, 0.2) is 0 Å². The highest BCUT2D eigenvalue weighted by molar-refractivity contribution is 5.89. The van der Waals surface area contributed by atoms with Gasteiger partial charge in [-0.05, 0) is 20.8 Å². The number of primary amides is 1. The number of nitrogens with zero attached hydrogens (tertiary/aromatic N) is 1. The monoisotopic (exact) mass is 197 g/mol. The Hall–Kier alpha value is -0.610. The summed E-state index contributed by atoms with van der Waals surface area (Å²) in [6, 6.07) is 0. The van der Waals surface area contributed by atoms with E-state index in [2.05, 4.69) is 25.7 Å². The molecule has 1 saturated carbocycles. The Morgan fingerprint density at radius 1 is 1.36 bits per heavy atom. The van der Waals surface area contributed by atoms with Gasteiger partial charge in [-0.25, -0.2) is 0 Å². The van der Waals surface area contributed by atoms with E-state index in [1.807, 2.05) is 0 Å². The second-order valence-electron chi connectivity index (χ2n) is 5.59. The smallest absolute Gasteiger partial charge is 0.238 e. The number of carbonyl (C=O) groups excluding carboxylic acids is 1. The predicted molar refractivity (Wildman–Crippen MR) is 54.4 cm³/mol. The van der Waals surface area contributed by atoms with E-state index in [1.165, 1.54) is 0 Å². The summed E-state index contributed by atoms with van der Waals surface area (Å²) in [5.41, 5.74) is 10.7. The van der Waals surface area contributed by atoms with Crippen LogP contribution in [-0.2, 0) is 4.79 Å². The van der Waals surface area contributed by atoms with Gasteiger partial charge < -0.3 is 11.5 Å². The zero-order chi connectivity index (χ0) is 10.7. The van der Waals surface area contributed by atoms with Crippen molar-refractivity contribution in [2.75, 3.05) is 13.1 Å². The topological polar surface area (TPSA) is 72.3 Å². The number of hydrogen-bond donors (Lipinski definition) is 2. The molecule has 0 bridgehead atoms. The molecule has 4 heteroatoms. The quantitative estimate of drug-likeness (QED) is 0.597. The number of carbonyl (C=O) groups is 1. The number of piperidine rings is 1. The maximum Gasteiger partial charge on any atom is 0.238 e. The summed E-state index contributed by atoms with van der Waals surface area (Å²) in [6.07, 6.45) is 0. The minimum absolute atomic E-state index is 0.173. The predicted octanol–water partition coefficient (Wildman–Crippen LogP) is -0.471. The molecule has 0 radical (unpaired) electrons. The lowest BCUT2D eigenvalue weighted by atomic mass is 10.0. The molecule has 4 nitrogen and oxygen atoms in total. The van der Waals surface area contributed by atoms with Gasteiger partial charge >= 0.3 is 0 Å². The van der Waals surface area contributed by atoms with Crippen LogP contribution in [0.3, 0.4) is 0 Å². The number of likely N-dealkylation sites (tertiary alicyclic amines) is 1. The van der Waals surface area contributed by atoms with E-state index in [9.17, 15) is 4.79 Å². The first-order valence-corrected chi connectivity index (χ1v) is 5.11. The van der Waals surface area contributed by atoms with E-state index >= 15 is 0 Å². The van der Waals surface area contributed by atoms with Crippen molar-refractivity contribution in [3.05, 3.63) is 0 Å². The van der Waals surface area contributed by atoms with Gasteiger partial charge in [0.2, 0.25) is 5.91 Å². The van der Waals surface area contributed by atoms with Gasteiger partial charge in [0.15, 0.2) is 0 Å². The zero-order valence-corrected chi connectivity index (χ0v) is 9.08. The third-order valence-electron chi connectivity index (χ3n) is 3.81. The second kappa shape index (κ2) is 2.49. The van der Waals surface area contributed by atoms with Crippen molar-refractivity contribution in [1.29, 1.82) is 0 Å². The Bertz CT molecular complexity index is 270. The fourth-order valence-electron chi connectivity index (χ4n) is 2.58. The molecule has 1 aliphatic heterocycles. The van der Waals surface area contributed by atoms with Gasteiger partial charge in [-0.1, -0.05) is 0 Å². The minimum atomic E-state index is -0.693. The van der Waals surface area contributed by atoms with Crippen molar-refractivity contribution in [2.45, 2.75) is 31.8 Å². The number of nitrogens with two attached hydrogens (primary N) is 2. The standard InChI is InChI=1S/C10H19N3O/c1-9(2,3)13-4-6-7(5-13)10(6,12)8(11)14/h6-7H,4-5,12H2,1-3H3,(H2,11,14)/t6-,7+,10-. The Labute approximate surface area is 84.6 Å². The maximum absolute atomic E-state index is 11.1. The first-order valence-electron chi connectivity index (χ1n) is 5.11. The molecule has 1 aliphatic carbocycles. The Morgan fingerprint density at radius 3 is 2.07 bits per heavy atom. The fourth-order valence-corrected chi connectivity index (χ4v) is 2.58. The summed E-state index contributed by atoms with van der Waals surface area (Å²) >= 11 is 0. The lowest BCUT2D eigenvalue weighted by Gasteiger charge is -2.34. The Kier molecular flexibility index (Phi) is 1.77. The Balaban J connectivity index is 2.03. The van der Waals surface area contributed by atoms with Crippen LogP contribution in [0, 0.1) is 11.8 Å². The normalized spacial score (nSPS) is 42.3. The van der Waals surface area contributed by atoms with Crippen molar-refractivity contribution in [3.8, 4) is 0 Å². The summed E-state index contributed by atoms with van der Waals surface area (Å²) < 4.78 is 0. The fraction of sp³-hybridized carbons (Fsp3) is 0.900. The molecule has 0 aromatic heterocycles. The van der Waals surface area contributed by atoms with Gasteiger partial charge in [-0.3, -0.25) is 9.69 Å². The molecule has 2 rings (SSSR count). The van der Waals surface area contributed by atoms with Gasteiger partial charge in [-0.15, -0.1) is 0 Å². The van der Waals surface area contributed by atoms with Gasteiger partial charge in [0.25, 0.3) is 0 Å². The third kappa shape index (κ3) is 1.10. The van der Waals surface area contributed by atoms with Crippen LogP contribution in [0.2, 0.25) is 0 Å². The van der Waals surface area contributed by atoms with E-state index < -0.39 is 5.54 Å². The average molecular weight is 197 g/mol. The first kappa shape index (κ1) is 9.93. The van der Waals surface area contributed by atoms with Crippen LogP contribution in [-0.4, -0.2) is 35.0 Å². The highest BCUT2D eigenvalue weighted by Gasteiger charge is 2.70. The molecule has 0 aromatic carbocycles. The first-order chi connectivity index (χ1) is 6.28. The van der Waals surface area contributed by atoms with E-state index in [4.69, 9.17) is 11.5 Å². The van der Waals surface area contributed by atoms with Crippen LogP contribution < -0.4 is 11.5 Å². The molecule has 0 aromatic rings. The minimum Gasteiger partial charge on any atom is -0.368 e. The van der Waals surface area contributed by atoms with Crippen LogP contribution >= 0.6 is 0 Å². The second-order valence-corrected chi connectivity index (χ2v) is 5.59. The van der Waals surface area contributed by atoms with Crippen LogP contribution in [0.1, 0.15) is 20.8 Å². The summed E-state index contributed by atoms with van der Waals surface area (Å²) in [7, 11) is 0. The molecule has 0 unspecified atom stereocenters. The average Bonchev–Trinajstić information content (AvgIpc) is 2.46. The molecule has 3 atom stereocenters. The third-order valence-corrected chi connectivity index (χ3v) is 3.81. The summed E-state index contributed by atoms with van der Waals surface area (Å²) in [6.45, 7) is 8.36. The van der Waals surface area contributed by atoms with Crippen molar-refractivity contribution in [1.82, 2.24) is 4.90 Å². The van der Waals surface area contributed by atoms with Crippen molar-refractivity contribution >= 4 is 5.91 Å². The molecule has 14 heavy (non-hydrogen) atoms. The number of rotatable bonds is 1. The lowest BCUT2D eigenvalue weighted by molar-refractivity contribution is -0.121. The molecule has 2 fully saturated rings. The van der Waals surface area contributed by atoms with Crippen LogP contribution in [0.5, 0.6) is 0 Å². The molecule has 80 valence electrons. The summed E-state index contributed by atoms with van der Waals surface area (Å²) in [5, 5.41) is 0. The summed E-state index contributed by atoms with van der Waals surface area (Å²) in [5.74, 6) is 0.250. The molecular formula is C10H19N3O. The van der Waals surface area contributed by atoms with Crippen LogP contribution in [0.4, 0.5) is 0 Å².